The molecule has 9 heteroatoms. The van der Waals surface area contributed by atoms with Gasteiger partial charge < -0.3 is 14.3 Å². The maximum atomic E-state index is 12.4. The molecule has 0 amide bonds. The number of hydrogen-bond acceptors (Lipinski definition) is 7. The Kier molecular flexibility index (Phi) is 4.96. The van der Waals surface area contributed by atoms with Gasteiger partial charge in [-0.1, -0.05) is 24.3 Å². The molecule has 0 aliphatic carbocycles. The third-order valence-electron chi connectivity index (χ3n) is 5.20. The molecule has 2 aliphatic rings. The second kappa shape index (κ2) is 7.65. The van der Waals surface area contributed by atoms with Crippen LogP contribution in [0.25, 0.3) is 22.8 Å². The second-order valence-corrected chi connectivity index (χ2v) is 9.19. The van der Waals surface area contributed by atoms with Gasteiger partial charge in [-0.15, -0.1) is 0 Å². The number of benzene rings is 1. The fraction of sp³-hybridized carbons (Fsp3) is 0.333. The summed E-state index contributed by atoms with van der Waals surface area (Å²) in [4.78, 5) is 28.9. The minimum atomic E-state index is -0.429. The van der Waals surface area contributed by atoms with Crippen molar-refractivity contribution in [2.24, 2.45) is 0 Å². The molecule has 0 unspecified atom stereocenters. The fourth-order valence-corrected chi connectivity index (χ4v) is 4.55. The molecule has 1 fully saturated rings. The average molecular weight is 420 g/mol. The molecule has 0 radical (unpaired) electrons. The molecular weight excluding hydrogens is 399 g/mol. The monoisotopic (exact) mass is 420 g/mol. The lowest BCUT2D eigenvalue weighted by Gasteiger charge is -2.15. The lowest BCUT2D eigenvalue weighted by Crippen LogP contribution is -2.35. The largest absolute Gasteiger partial charge is 0.497 e. The minimum absolute atomic E-state index is 0.0373. The number of aromatic nitrogens is 4. The summed E-state index contributed by atoms with van der Waals surface area (Å²) in [5.41, 5.74) is 3.93. The summed E-state index contributed by atoms with van der Waals surface area (Å²) >= 11 is 1.77. The highest BCUT2D eigenvalue weighted by molar-refractivity contribution is 7.98. The molecule has 3 aromatic rings. The van der Waals surface area contributed by atoms with E-state index in [1.165, 1.54) is 0 Å². The quantitative estimate of drug-likeness (QED) is 0.650. The standard InChI is InChI=1S/C21H21BN4O3S/c1-21(2)12-28-22(29-21)15-9-23-18(24-10-15)13-3-5-14(6-4-13)19-25-17-7-8-30-11-16(17)20(27)26-19/h3-6,9-10H,7-8,11-12H2,1-2H3,(H,25,26,27). The topological polar surface area (TPSA) is 90.0 Å². The van der Waals surface area contributed by atoms with Crippen LogP contribution < -0.4 is 11.0 Å². The predicted molar refractivity (Wildman–Crippen MR) is 118 cm³/mol. The van der Waals surface area contributed by atoms with Gasteiger partial charge in [0.15, 0.2) is 5.82 Å². The van der Waals surface area contributed by atoms with Crippen LogP contribution in [-0.2, 0) is 21.5 Å². The SMILES string of the molecule is CC1(C)COB(c2cnc(-c3ccc(-c4nc5c(c(=O)[nH]4)CSCC5)cc3)nc2)O1. The summed E-state index contributed by atoms with van der Waals surface area (Å²) in [7, 11) is -0.429. The van der Waals surface area contributed by atoms with Crippen molar-refractivity contribution in [1.29, 1.82) is 0 Å². The predicted octanol–water partition coefficient (Wildman–Crippen LogP) is 2.20. The summed E-state index contributed by atoms with van der Waals surface area (Å²) in [6.07, 6.45) is 4.31. The van der Waals surface area contributed by atoms with Crippen molar-refractivity contribution in [2.45, 2.75) is 31.6 Å². The molecule has 2 aromatic heterocycles. The Balaban J connectivity index is 1.37. The average Bonchev–Trinajstić information content (AvgIpc) is 3.14. The van der Waals surface area contributed by atoms with E-state index in [0.717, 1.165) is 45.8 Å². The van der Waals surface area contributed by atoms with Gasteiger partial charge in [-0.2, -0.15) is 11.8 Å². The maximum Gasteiger partial charge on any atom is 0.497 e. The first-order valence-electron chi connectivity index (χ1n) is 9.90. The summed E-state index contributed by atoms with van der Waals surface area (Å²) in [5, 5.41) is 0. The Labute approximate surface area is 178 Å². The summed E-state index contributed by atoms with van der Waals surface area (Å²) < 4.78 is 11.5. The van der Waals surface area contributed by atoms with Crippen LogP contribution in [0.4, 0.5) is 0 Å². The van der Waals surface area contributed by atoms with Gasteiger partial charge in [0.1, 0.15) is 5.82 Å². The third kappa shape index (κ3) is 3.80. The van der Waals surface area contributed by atoms with Crippen LogP contribution in [0.3, 0.4) is 0 Å². The molecule has 7 nitrogen and oxygen atoms in total. The van der Waals surface area contributed by atoms with Crippen molar-refractivity contribution in [2.75, 3.05) is 12.4 Å². The molecule has 1 N–H and O–H groups in total. The molecule has 2 aliphatic heterocycles. The van der Waals surface area contributed by atoms with Crippen molar-refractivity contribution in [3.8, 4) is 22.8 Å². The van der Waals surface area contributed by atoms with E-state index in [2.05, 4.69) is 19.9 Å². The first-order chi connectivity index (χ1) is 14.5. The van der Waals surface area contributed by atoms with E-state index in [4.69, 9.17) is 9.31 Å². The van der Waals surface area contributed by atoms with Crippen LogP contribution in [-0.4, -0.2) is 45.0 Å². The van der Waals surface area contributed by atoms with Crippen LogP contribution in [0, 0.1) is 0 Å². The highest BCUT2D eigenvalue weighted by Gasteiger charge is 2.38. The van der Waals surface area contributed by atoms with Crippen molar-refractivity contribution in [1.82, 2.24) is 19.9 Å². The van der Waals surface area contributed by atoms with Crippen LogP contribution >= 0.6 is 11.8 Å². The molecule has 1 saturated heterocycles. The fourth-order valence-electron chi connectivity index (χ4n) is 3.56. The molecule has 0 bridgehead atoms. The Hall–Kier alpha value is -2.49. The van der Waals surface area contributed by atoms with E-state index < -0.39 is 7.12 Å². The van der Waals surface area contributed by atoms with Gasteiger partial charge >= 0.3 is 7.12 Å². The molecule has 0 atom stereocenters. The molecule has 0 spiro atoms. The van der Waals surface area contributed by atoms with Gasteiger partial charge in [-0.25, -0.2) is 15.0 Å². The van der Waals surface area contributed by atoms with Gasteiger partial charge in [0, 0.05) is 40.3 Å². The number of rotatable bonds is 3. The number of hydrogen-bond donors (Lipinski definition) is 1. The number of H-pyrrole nitrogens is 1. The van der Waals surface area contributed by atoms with Gasteiger partial charge in [-0.3, -0.25) is 4.79 Å². The number of aromatic amines is 1. The minimum Gasteiger partial charge on any atom is -0.404 e. The van der Waals surface area contributed by atoms with E-state index in [9.17, 15) is 4.79 Å². The van der Waals surface area contributed by atoms with E-state index in [-0.39, 0.29) is 11.2 Å². The zero-order valence-electron chi connectivity index (χ0n) is 16.8. The van der Waals surface area contributed by atoms with E-state index in [0.29, 0.717) is 18.3 Å². The maximum absolute atomic E-state index is 12.4. The number of nitrogens with zero attached hydrogens (tertiary/aromatic N) is 3. The zero-order valence-corrected chi connectivity index (χ0v) is 17.7. The molecule has 1 aromatic carbocycles. The van der Waals surface area contributed by atoms with Gasteiger partial charge in [0.2, 0.25) is 0 Å². The zero-order chi connectivity index (χ0) is 20.7. The Morgan fingerprint density at radius 3 is 2.57 bits per heavy atom. The molecule has 0 saturated carbocycles. The molecular formula is C21H21BN4O3S. The normalized spacial score (nSPS) is 17.7. The van der Waals surface area contributed by atoms with Crippen molar-refractivity contribution >= 4 is 24.3 Å². The number of nitrogens with one attached hydrogen (secondary N) is 1. The highest BCUT2D eigenvalue weighted by Crippen LogP contribution is 2.24. The first-order valence-corrected chi connectivity index (χ1v) is 11.1. The third-order valence-corrected chi connectivity index (χ3v) is 6.19. The van der Waals surface area contributed by atoms with Crippen LogP contribution in [0.15, 0.2) is 41.5 Å². The Bertz CT molecular complexity index is 1130. The van der Waals surface area contributed by atoms with E-state index in [1.807, 2.05) is 38.1 Å². The Morgan fingerprint density at radius 2 is 1.87 bits per heavy atom. The van der Waals surface area contributed by atoms with Crippen LogP contribution in [0.2, 0.25) is 0 Å². The first kappa shape index (κ1) is 19.5. The lowest BCUT2D eigenvalue weighted by molar-refractivity contribution is 0.137. The van der Waals surface area contributed by atoms with Gasteiger partial charge in [0.25, 0.3) is 5.56 Å². The van der Waals surface area contributed by atoms with Crippen molar-refractivity contribution in [3.05, 3.63) is 58.3 Å². The van der Waals surface area contributed by atoms with Crippen LogP contribution in [0.5, 0.6) is 0 Å². The van der Waals surface area contributed by atoms with Gasteiger partial charge in [0.05, 0.1) is 17.9 Å². The number of thioether (sulfide) groups is 1. The highest BCUT2D eigenvalue weighted by atomic mass is 32.2. The molecule has 152 valence electrons. The Morgan fingerprint density at radius 1 is 1.13 bits per heavy atom. The lowest BCUT2D eigenvalue weighted by atomic mass is 9.81. The molecule has 4 heterocycles. The molecule has 30 heavy (non-hydrogen) atoms. The summed E-state index contributed by atoms with van der Waals surface area (Å²) in [6, 6.07) is 7.73. The summed E-state index contributed by atoms with van der Waals surface area (Å²) in [5.74, 6) is 2.96. The van der Waals surface area contributed by atoms with Crippen LogP contribution in [0.1, 0.15) is 25.1 Å². The smallest absolute Gasteiger partial charge is 0.404 e. The molecule has 5 rings (SSSR count). The summed E-state index contributed by atoms with van der Waals surface area (Å²) in [6.45, 7) is 4.53. The second-order valence-electron chi connectivity index (χ2n) is 8.08. The number of aryl methyl sites for hydroxylation is 1. The van der Waals surface area contributed by atoms with E-state index >= 15 is 0 Å². The van der Waals surface area contributed by atoms with Gasteiger partial charge in [-0.05, 0) is 26.0 Å². The van der Waals surface area contributed by atoms with E-state index in [1.54, 1.807) is 24.2 Å². The van der Waals surface area contributed by atoms with Crippen molar-refractivity contribution < 1.29 is 9.31 Å². The van der Waals surface area contributed by atoms with Crippen molar-refractivity contribution in [3.63, 3.8) is 0 Å². The number of fused-ring (bicyclic) bond motifs is 1.